The molecule has 1 amide bonds. The molecule has 0 saturated carbocycles. The summed E-state index contributed by atoms with van der Waals surface area (Å²) in [7, 11) is 1.67. The number of benzene rings is 2. The molecule has 3 aromatic rings. The second kappa shape index (κ2) is 7.03. The predicted octanol–water partition coefficient (Wildman–Crippen LogP) is 3.31. The molecule has 4 heteroatoms. The van der Waals surface area contributed by atoms with Crippen molar-refractivity contribution in [1.29, 1.82) is 0 Å². The second-order valence-corrected chi connectivity index (χ2v) is 5.32. The van der Waals surface area contributed by atoms with Gasteiger partial charge in [0.05, 0.1) is 12.1 Å². The van der Waals surface area contributed by atoms with Crippen LogP contribution in [0.5, 0.6) is 0 Å². The van der Waals surface area contributed by atoms with Gasteiger partial charge in [0.15, 0.2) is 0 Å². The van der Waals surface area contributed by atoms with Crippen LogP contribution < -0.4 is 5.32 Å². The van der Waals surface area contributed by atoms with Gasteiger partial charge in [0, 0.05) is 19.0 Å². The van der Waals surface area contributed by atoms with Crippen LogP contribution in [0.15, 0.2) is 60.7 Å². The van der Waals surface area contributed by atoms with Crippen molar-refractivity contribution in [3.05, 3.63) is 77.5 Å². The van der Waals surface area contributed by atoms with E-state index >= 15 is 0 Å². The number of nitrogens with zero attached hydrogens (tertiary/aromatic N) is 1. The van der Waals surface area contributed by atoms with E-state index in [-0.39, 0.29) is 5.91 Å². The molecule has 1 aromatic heterocycles. The summed E-state index contributed by atoms with van der Waals surface area (Å²) in [5.74, 6) is -0.170. The first-order valence-electron chi connectivity index (χ1n) is 7.47. The lowest BCUT2D eigenvalue weighted by Gasteiger charge is -2.07. The van der Waals surface area contributed by atoms with Gasteiger partial charge in [0.2, 0.25) is 0 Å². The summed E-state index contributed by atoms with van der Waals surface area (Å²) in [6, 6.07) is 19.4. The van der Waals surface area contributed by atoms with Crippen molar-refractivity contribution in [2.24, 2.45) is 0 Å². The van der Waals surface area contributed by atoms with Gasteiger partial charge < -0.3 is 10.1 Å². The Bertz CT molecular complexity index is 813. The van der Waals surface area contributed by atoms with Gasteiger partial charge in [-0.2, -0.15) is 0 Å². The molecule has 116 valence electrons. The first kappa shape index (κ1) is 15.2. The number of hydrogen-bond donors (Lipinski definition) is 1. The number of fused-ring (bicyclic) bond motifs is 1. The standard InChI is InChI=1S/C19H18N2O2/c1-23-13-15-8-6-14(7-9-15)12-20-19(22)18-11-10-16-4-2-3-5-17(16)21-18/h2-11H,12-13H2,1H3,(H,20,22). The number of para-hydroxylation sites is 1. The molecule has 3 rings (SSSR count). The third kappa shape index (κ3) is 3.73. The quantitative estimate of drug-likeness (QED) is 0.787. The summed E-state index contributed by atoms with van der Waals surface area (Å²) in [5, 5.41) is 3.92. The van der Waals surface area contributed by atoms with E-state index in [0.717, 1.165) is 22.0 Å². The van der Waals surface area contributed by atoms with E-state index in [0.29, 0.717) is 18.8 Å². The Morgan fingerprint density at radius 1 is 1.00 bits per heavy atom. The molecule has 4 nitrogen and oxygen atoms in total. The van der Waals surface area contributed by atoms with Gasteiger partial charge in [0.1, 0.15) is 5.69 Å². The van der Waals surface area contributed by atoms with Gasteiger partial charge in [-0.25, -0.2) is 4.98 Å². The lowest BCUT2D eigenvalue weighted by atomic mass is 10.1. The molecular weight excluding hydrogens is 288 g/mol. The van der Waals surface area contributed by atoms with Crippen molar-refractivity contribution in [2.45, 2.75) is 13.2 Å². The van der Waals surface area contributed by atoms with Crippen LogP contribution in [0.4, 0.5) is 0 Å². The zero-order chi connectivity index (χ0) is 16.1. The number of ether oxygens (including phenoxy) is 1. The number of carbonyl (C=O) groups is 1. The molecule has 0 aliphatic heterocycles. The SMILES string of the molecule is COCc1ccc(CNC(=O)c2ccc3ccccc3n2)cc1. The predicted molar refractivity (Wildman–Crippen MR) is 90.1 cm³/mol. The smallest absolute Gasteiger partial charge is 0.270 e. The van der Waals surface area contributed by atoms with E-state index in [1.54, 1.807) is 13.2 Å². The molecule has 0 bridgehead atoms. The third-order valence-corrected chi connectivity index (χ3v) is 3.62. The zero-order valence-corrected chi connectivity index (χ0v) is 13.0. The molecule has 0 aliphatic rings. The van der Waals surface area contributed by atoms with E-state index < -0.39 is 0 Å². The molecule has 0 radical (unpaired) electrons. The van der Waals surface area contributed by atoms with E-state index in [1.165, 1.54) is 0 Å². The van der Waals surface area contributed by atoms with Crippen LogP contribution in [0.25, 0.3) is 10.9 Å². The Hall–Kier alpha value is -2.72. The lowest BCUT2D eigenvalue weighted by molar-refractivity contribution is 0.0946. The Balaban J connectivity index is 1.65. The van der Waals surface area contributed by atoms with Crippen molar-refractivity contribution in [1.82, 2.24) is 10.3 Å². The molecule has 0 fully saturated rings. The first-order valence-corrected chi connectivity index (χ1v) is 7.47. The van der Waals surface area contributed by atoms with Crippen LogP contribution in [0.2, 0.25) is 0 Å². The van der Waals surface area contributed by atoms with Crippen molar-refractivity contribution in [3.63, 3.8) is 0 Å². The molecule has 1 N–H and O–H groups in total. The number of nitrogens with one attached hydrogen (secondary N) is 1. The van der Waals surface area contributed by atoms with Crippen LogP contribution in [0.1, 0.15) is 21.6 Å². The number of carbonyl (C=O) groups excluding carboxylic acids is 1. The van der Waals surface area contributed by atoms with Crippen molar-refractivity contribution in [2.75, 3.05) is 7.11 Å². The van der Waals surface area contributed by atoms with Crippen LogP contribution >= 0.6 is 0 Å². The summed E-state index contributed by atoms with van der Waals surface area (Å²) in [6.45, 7) is 1.06. The molecule has 23 heavy (non-hydrogen) atoms. The molecule has 0 saturated heterocycles. The average molecular weight is 306 g/mol. The Morgan fingerprint density at radius 2 is 1.74 bits per heavy atom. The zero-order valence-electron chi connectivity index (χ0n) is 13.0. The van der Waals surface area contributed by atoms with Crippen molar-refractivity contribution >= 4 is 16.8 Å². The minimum atomic E-state index is -0.170. The second-order valence-electron chi connectivity index (χ2n) is 5.32. The van der Waals surface area contributed by atoms with Crippen LogP contribution in [-0.2, 0) is 17.9 Å². The summed E-state index contributed by atoms with van der Waals surface area (Å²) < 4.78 is 5.08. The molecule has 0 atom stereocenters. The summed E-state index contributed by atoms with van der Waals surface area (Å²) in [4.78, 5) is 16.6. The lowest BCUT2D eigenvalue weighted by Crippen LogP contribution is -2.23. The van der Waals surface area contributed by atoms with Crippen LogP contribution in [0, 0.1) is 0 Å². The molecule has 0 aliphatic carbocycles. The number of pyridine rings is 1. The third-order valence-electron chi connectivity index (χ3n) is 3.62. The van der Waals surface area contributed by atoms with Gasteiger partial charge >= 0.3 is 0 Å². The molecular formula is C19H18N2O2. The fraction of sp³-hybridized carbons (Fsp3) is 0.158. The maximum absolute atomic E-state index is 12.2. The number of rotatable bonds is 5. The monoisotopic (exact) mass is 306 g/mol. The summed E-state index contributed by atoms with van der Waals surface area (Å²) >= 11 is 0. The number of aromatic nitrogens is 1. The van der Waals surface area contributed by atoms with Crippen LogP contribution in [-0.4, -0.2) is 18.0 Å². The summed E-state index contributed by atoms with van der Waals surface area (Å²) in [6.07, 6.45) is 0. The molecule has 0 unspecified atom stereocenters. The van der Waals surface area contributed by atoms with E-state index in [4.69, 9.17) is 4.74 Å². The average Bonchev–Trinajstić information content (AvgIpc) is 2.60. The normalized spacial score (nSPS) is 10.7. The maximum Gasteiger partial charge on any atom is 0.270 e. The van der Waals surface area contributed by atoms with Gasteiger partial charge in [-0.3, -0.25) is 4.79 Å². The van der Waals surface area contributed by atoms with E-state index in [1.807, 2.05) is 54.6 Å². The Morgan fingerprint density at radius 3 is 2.52 bits per heavy atom. The van der Waals surface area contributed by atoms with Gasteiger partial charge in [-0.1, -0.05) is 48.5 Å². The number of hydrogen-bond acceptors (Lipinski definition) is 3. The topological polar surface area (TPSA) is 51.2 Å². The first-order chi connectivity index (χ1) is 11.3. The summed E-state index contributed by atoms with van der Waals surface area (Å²) in [5.41, 5.74) is 3.40. The largest absolute Gasteiger partial charge is 0.380 e. The number of amides is 1. The fourth-order valence-electron chi connectivity index (χ4n) is 2.39. The minimum Gasteiger partial charge on any atom is -0.380 e. The van der Waals surface area contributed by atoms with Crippen molar-refractivity contribution < 1.29 is 9.53 Å². The molecule has 0 spiro atoms. The van der Waals surface area contributed by atoms with Crippen LogP contribution in [0.3, 0.4) is 0 Å². The Labute approximate surface area is 135 Å². The number of methoxy groups -OCH3 is 1. The molecule has 2 aromatic carbocycles. The molecule has 1 heterocycles. The van der Waals surface area contributed by atoms with E-state index in [9.17, 15) is 4.79 Å². The highest BCUT2D eigenvalue weighted by Gasteiger charge is 2.07. The van der Waals surface area contributed by atoms with Crippen molar-refractivity contribution in [3.8, 4) is 0 Å². The highest BCUT2D eigenvalue weighted by molar-refractivity contribution is 5.94. The minimum absolute atomic E-state index is 0.170. The van der Waals surface area contributed by atoms with E-state index in [2.05, 4.69) is 10.3 Å². The fourth-order valence-corrected chi connectivity index (χ4v) is 2.39. The van der Waals surface area contributed by atoms with Gasteiger partial charge in [0.25, 0.3) is 5.91 Å². The van der Waals surface area contributed by atoms with Gasteiger partial charge in [-0.15, -0.1) is 0 Å². The maximum atomic E-state index is 12.2. The van der Waals surface area contributed by atoms with Gasteiger partial charge in [-0.05, 0) is 23.3 Å². The Kier molecular flexibility index (Phi) is 4.64. The highest BCUT2D eigenvalue weighted by Crippen LogP contribution is 2.12. The highest BCUT2D eigenvalue weighted by atomic mass is 16.5.